The number of ether oxygens (including phenoxy) is 1. The molecule has 0 bridgehead atoms. The minimum atomic E-state index is -0.0365. The van der Waals surface area contributed by atoms with Crippen LogP contribution in [0.4, 0.5) is 0 Å². The van der Waals surface area contributed by atoms with Crippen molar-refractivity contribution in [2.24, 2.45) is 0 Å². The Hall–Kier alpha value is -1.94. The van der Waals surface area contributed by atoms with Crippen molar-refractivity contribution in [2.75, 3.05) is 19.9 Å². The molecule has 3 nitrogen and oxygen atoms in total. The smallest absolute Gasteiger partial charge is 0.251 e. The zero-order valence-corrected chi connectivity index (χ0v) is 13.1. The Bertz CT molecular complexity index is 596. The number of hydrogen-bond donors (Lipinski definition) is 1. The number of methoxy groups -OCH3 is 1. The number of rotatable bonds is 6. The second kappa shape index (κ2) is 7.74. The van der Waals surface area contributed by atoms with Gasteiger partial charge in [0.05, 0.1) is 7.11 Å². The van der Waals surface area contributed by atoms with Gasteiger partial charge in [-0.25, -0.2) is 0 Å². The van der Waals surface area contributed by atoms with Gasteiger partial charge in [-0.3, -0.25) is 4.79 Å². The minimum absolute atomic E-state index is 0.0365. The summed E-state index contributed by atoms with van der Waals surface area (Å²) in [7, 11) is 1.65. The maximum absolute atomic E-state index is 12.0. The van der Waals surface area contributed by atoms with Gasteiger partial charge in [-0.2, -0.15) is 0 Å². The number of benzene rings is 2. The molecule has 2 aromatic carbocycles. The van der Waals surface area contributed by atoms with Crippen LogP contribution in [0, 0.1) is 0 Å². The van der Waals surface area contributed by atoms with Gasteiger partial charge in [0.1, 0.15) is 5.75 Å². The first-order valence-corrected chi connectivity index (χ1v) is 8.00. The van der Waals surface area contributed by atoms with Crippen molar-refractivity contribution in [3.05, 3.63) is 59.7 Å². The van der Waals surface area contributed by atoms with E-state index in [9.17, 15) is 4.79 Å². The highest BCUT2D eigenvalue weighted by atomic mass is 32.2. The third-order valence-electron chi connectivity index (χ3n) is 3.19. The van der Waals surface area contributed by atoms with Crippen molar-refractivity contribution in [1.82, 2.24) is 5.32 Å². The summed E-state index contributed by atoms with van der Waals surface area (Å²) in [6.45, 7) is 0.607. The normalized spacial score (nSPS) is 10.2. The van der Waals surface area contributed by atoms with Gasteiger partial charge < -0.3 is 10.1 Å². The predicted octanol–water partition coefficient (Wildman–Crippen LogP) is 3.39. The fourth-order valence-corrected chi connectivity index (χ4v) is 2.40. The molecule has 0 aliphatic rings. The molecule has 0 aliphatic heterocycles. The zero-order chi connectivity index (χ0) is 15.1. The van der Waals surface area contributed by atoms with E-state index in [4.69, 9.17) is 4.74 Å². The Kier molecular flexibility index (Phi) is 5.69. The van der Waals surface area contributed by atoms with E-state index in [0.717, 1.165) is 22.6 Å². The van der Waals surface area contributed by atoms with Crippen LogP contribution in [0.5, 0.6) is 5.75 Å². The van der Waals surface area contributed by atoms with Crippen LogP contribution >= 0.6 is 11.8 Å². The quantitative estimate of drug-likeness (QED) is 0.831. The molecular weight excluding hydrogens is 282 g/mol. The summed E-state index contributed by atoms with van der Waals surface area (Å²) < 4.78 is 5.18. The predicted molar refractivity (Wildman–Crippen MR) is 87.3 cm³/mol. The summed E-state index contributed by atoms with van der Waals surface area (Å²) in [4.78, 5) is 13.2. The van der Waals surface area contributed by atoms with Crippen LogP contribution < -0.4 is 10.1 Å². The van der Waals surface area contributed by atoms with E-state index in [0.29, 0.717) is 12.1 Å². The van der Waals surface area contributed by atoms with Gasteiger partial charge in [0.2, 0.25) is 0 Å². The molecule has 1 N–H and O–H groups in total. The van der Waals surface area contributed by atoms with Crippen molar-refractivity contribution in [3.8, 4) is 5.75 Å². The Morgan fingerprint density at radius 3 is 2.62 bits per heavy atom. The number of thioether (sulfide) groups is 1. The van der Waals surface area contributed by atoms with E-state index in [-0.39, 0.29) is 5.91 Å². The Balaban J connectivity index is 1.85. The Morgan fingerprint density at radius 2 is 1.95 bits per heavy atom. The van der Waals surface area contributed by atoms with Crippen molar-refractivity contribution in [1.29, 1.82) is 0 Å². The van der Waals surface area contributed by atoms with Crippen molar-refractivity contribution >= 4 is 17.7 Å². The summed E-state index contributed by atoms with van der Waals surface area (Å²) in [5, 5.41) is 2.94. The molecule has 0 atom stereocenters. The van der Waals surface area contributed by atoms with E-state index in [1.54, 1.807) is 18.9 Å². The van der Waals surface area contributed by atoms with Gasteiger partial charge in [-0.05, 0) is 54.6 Å². The molecule has 0 aromatic heterocycles. The molecule has 2 aromatic rings. The van der Waals surface area contributed by atoms with Gasteiger partial charge in [-0.15, -0.1) is 11.8 Å². The molecule has 0 saturated heterocycles. The lowest BCUT2D eigenvalue weighted by molar-refractivity contribution is 0.0954. The van der Waals surface area contributed by atoms with E-state index in [1.165, 1.54) is 0 Å². The number of carbonyl (C=O) groups excluding carboxylic acids is 1. The maximum atomic E-state index is 12.0. The van der Waals surface area contributed by atoms with Crippen LogP contribution in [0.15, 0.2) is 53.4 Å². The maximum Gasteiger partial charge on any atom is 0.251 e. The molecule has 0 fully saturated rings. The van der Waals surface area contributed by atoms with Crippen LogP contribution in [0.1, 0.15) is 15.9 Å². The first-order valence-electron chi connectivity index (χ1n) is 6.78. The number of hydrogen-bond acceptors (Lipinski definition) is 3. The monoisotopic (exact) mass is 301 g/mol. The molecule has 2 rings (SSSR count). The largest absolute Gasteiger partial charge is 0.497 e. The molecule has 0 radical (unpaired) electrons. The molecule has 0 saturated carbocycles. The SMILES string of the molecule is COc1cccc(CCNC(=O)c2ccc(SC)cc2)c1. The summed E-state index contributed by atoms with van der Waals surface area (Å²) in [6, 6.07) is 15.5. The van der Waals surface area contributed by atoms with Crippen molar-refractivity contribution in [3.63, 3.8) is 0 Å². The van der Waals surface area contributed by atoms with E-state index in [1.807, 2.05) is 54.8 Å². The average Bonchev–Trinajstić information content (AvgIpc) is 2.55. The number of amides is 1. The first kappa shape index (κ1) is 15.4. The van der Waals surface area contributed by atoms with Crippen molar-refractivity contribution < 1.29 is 9.53 Å². The summed E-state index contributed by atoms with van der Waals surface area (Å²) in [6.07, 6.45) is 2.80. The molecule has 0 unspecified atom stereocenters. The molecule has 0 aliphatic carbocycles. The van der Waals surface area contributed by atoms with E-state index in [2.05, 4.69) is 5.32 Å². The van der Waals surface area contributed by atoms with E-state index >= 15 is 0 Å². The lowest BCUT2D eigenvalue weighted by atomic mass is 10.1. The van der Waals surface area contributed by atoms with Gasteiger partial charge in [0.25, 0.3) is 5.91 Å². The Labute approximate surface area is 129 Å². The van der Waals surface area contributed by atoms with Gasteiger partial charge in [0.15, 0.2) is 0 Å². The van der Waals surface area contributed by atoms with Crippen LogP contribution in [-0.4, -0.2) is 25.8 Å². The molecule has 110 valence electrons. The van der Waals surface area contributed by atoms with Crippen LogP contribution in [0.2, 0.25) is 0 Å². The summed E-state index contributed by atoms with van der Waals surface area (Å²) >= 11 is 1.66. The second-order valence-corrected chi connectivity index (χ2v) is 5.47. The van der Waals surface area contributed by atoms with Gasteiger partial charge >= 0.3 is 0 Å². The third kappa shape index (κ3) is 4.53. The molecule has 1 amide bonds. The van der Waals surface area contributed by atoms with Crippen LogP contribution in [0.25, 0.3) is 0 Å². The van der Waals surface area contributed by atoms with Crippen LogP contribution in [-0.2, 0) is 6.42 Å². The van der Waals surface area contributed by atoms with Crippen LogP contribution in [0.3, 0.4) is 0 Å². The summed E-state index contributed by atoms with van der Waals surface area (Å²) in [5.41, 5.74) is 1.84. The molecular formula is C17H19NO2S. The molecule has 0 heterocycles. The standard InChI is InChI=1S/C17H19NO2S/c1-20-15-5-3-4-13(12-15)10-11-18-17(19)14-6-8-16(21-2)9-7-14/h3-9,12H,10-11H2,1-2H3,(H,18,19). The van der Waals surface area contributed by atoms with Gasteiger partial charge in [0, 0.05) is 17.0 Å². The molecule has 4 heteroatoms. The zero-order valence-electron chi connectivity index (χ0n) is 12.3. The lowest BCUT2D eigenvalue weighted by Gasteiger charge is -2.07. The highest BCUT2D eigenvalue weighted by Gasteiger charge is 2.04. The lowest BCUT2D eigenvalue weighted by Crippen LogP contribution is -2.25. The highest BCUT2D eigenvalue weighted by Crippen LogP contribution is 2.15. The second-order valence-electron chi connectivity index (χ2n) is 4.59. The topological polar surface area (TPSA) is 38.3 Å². The average molecular weight is 301 g/mol. The first-order chi connectivity index (χ1) is 10.2. The fourth-order valence-electron chi connectivity index (χ4n) is 1.99. The van der Waals surface area contributed by atoms with Gasteiger partial charge in [-0.1, -0.05) is 12.1 Å². The molecule has 21 heavy (non-hydrogen) atoms. The highest BCUT2D eigenvalue weighted by molar-refractivity contribution is 7.98. The molecule has 0 spiro atoms. The van der Waals surface area contributed by atoms with Crippen molar-refractivity contribution in [2.45, 2.75) is 11.3 Å². The number of carbonyl (C=O) groups is 1. The Morgan fingerprint density at radius 1 is 1.19 bits per heavy atom. The fraction of sp³-hybridized carbons (Fsp3) is 0.235. The number of nitrogens with one attached hydrogen (secondary N) is 1. The van der Waals surface area contributed by atoms with E-state index < -0.39 is 0 Å². The minimum Gasteiger partial charge on any atom is -0.497 e. The third-order valence-corrected chi connectivity index (χ3v) is 3.93. The summed E-state index contributed by atoms with van der Waals surface area (Å²) in [5.74, 6) is 0.803.